The fourth-order valence-corrected chi connectivity index (χ4v) is 5.65. The largest absolute Gasteiger partial charge is 0.496 e. The van der Waals surface area contributed by atoms with Gasteiger partial charge in [-0.2, -0.15) is 0 Å². The van der Waals surface area contributed by atoms with Gasteiger partial charge in [0.25, 0.3) is 10.0 Å². The van der Waals surface area contributed by atoms with E-state index in [-0.39, 0.29) is 23.4 Å². The minimum atomic E-state index is -3.96. The lowest BCUT2D eigenvalue weighted by molar-refractivity contribution is -0.120. The van der Waals surface area contributed by atoms with Crippen LogP contribution in [0.5, 0.6) is 5.75 Å². The minimum Gasteiger partial charge on any atom is -0.496 e. The molecule has 0 aliphatic heterocycles. The maximum Gasteiger partial charge on any atom is 0.264 e. The average Bonchev–Trinajstić information content (AvgIpc) is 2.83. The van der Waals surface area contributed by atoms with Crippen LogP contribution in [0.25, 0.3) is 0 Å². The Hall–Kier alpha value is -2.84. The standard InChI is InChI=1S/C27H31BrN2O4S/c1-18(2)24-16-25(19(3)15-26(24)34-5)20(4)29-27(31)17-30(22-13-11-21(28)12-14-22)35(32,33)23-9-7-6-8-10-23/h6-16,18,20H,17H2,1-5H3,(H,29,31). The van der Waals surface area contributed by atoms with Crippen molar-refractivity contribution < 1.29 is 17.9 Å². The maximum atomic E-state index is 13.5. The third-order valence-corrected chi connectivity index (χ3v) is 8.13. The topological polar surface area (TPSA) is 75.7 Å². The first-order valence-corrected chi connectivity index (χ1v) is 13.6. The van der Waals surface area contributed by atoms with E-state index in [2.05, 4.69) is 41.2 Å². The second-order valence-electron chi connectivity index (χ2n) is 8.70. The van der Waals surface area contributed by atoms with Crippen LogP contribution in [0.1, 0.15) is 49.4 Å². The highest BCUT2D eigenvalue weighted by Crippen LogP contribution is 2.32. The number of halogens is 1. The summed E-state index contributed by atoms with van der Waals surface area (Å²) >= 11 is 3.38. The average molecular weight is 560 g/mol. The number of rotatable bonds is 9. The van der Waals surface area contributed by atoms with Gasteiger partial charge in [-0.3, -0.25) is 9.10 Å². The third kappa shape index (κ3) is 6.24. The molecule has 0 radical (unpaired) electrons. The van der Waals surface area contributed by atoms with Crippen molar-refractivity contribution in [2.75, 3.05) is 18.0 Å². The number of aryl methyl sites for hydroxylation is 1. The van der Waals surface area contributed by atoms with Gasteiger partial charge in [0.2, 0.25) is 5.91 Å². The fraction of sp³-hybridized carbons (Fsp3) is 0.296. The van der Waals surface area contributed by atoms with Crippen LogP contribution in [0.4, 0.5) is 5.69 Å². The van der Waals surface area contributed by atoms with E-state index in [1.165, 1.54) is 12.1 Å². The van der Waals surface area contributed by atoms with E-state index < -0.39 is 15.9 Å². The first-order valence-electron chi connectivity index (χ1n) is 11.4. The number of hydrogen-bond donors (Lipinski definition) is 1. The van der Waals surface area contributed by atoms with Crippen LogP contribution in [-0.2, 0) is 14.8 Å². The molecule has 8 heteroatoms. The van der Waals surface area contributed by atoms with Gasteiger partial charge >= 0.3 is 0 Å². The van der Waals surface area contributed by atoms with Crippen molar-refractivity contribution in [3.63, 3.8) is 0 Å². The molecule has 1 N–H and O–H groups in total. The van der Waals surface area contributed by atoms with Crippen LogP contribution in [0.3, 0.4) is 0 Å². The summed E-state index contributed by atoms with van der Waals surface area (Å²) in [5, 5.41) is 2.98. The number of methoxy groups -OCH3 is 1. The molecular weight excluding hydrogens is 528 g/mol. The van der Waals surface area contributed by atoms with Gasteiger partial charge in [0, 0.05) is 4.47 Å². The maximum absolute atomic E-state index is 13.5. The van der Waals surface area contributed by atoms with Crippen molar-refractivity contribution in [1.82, 2.24) is 5.32 Å². The number of benzene rings is 3. The first kappa shape index (κ1) is 26.8. The van der Waals surface area contributed by atoms with Crippen molar-refractivity contribution >= 4 is 37.5 Å². The van der Waals surface area contributed by atoms with Gasteiger partial charge in [-0.15, -0.1) is 0 Å². The Morgan fingerprint density at radius 2 is 1.63 bits per heavy atom. The van der Waals surface area contributed by atoms with E-state index >= 15 is 0 Å². The number of nitrogens with zero attached hydrogens (tertiary/aromatic N) is 1. The highest BCUT2D eigenvalue weighted by atomic mass is 79.9. The molecular formula is C27H31BrN2O4S. The van der Waals surface area contributed by atoms with E-state index in [0.717, 1.165) is 31.2 Å². The quantitative estimate of drug-likeness (QED) is 0.351. The molecule has 0 aliphatic rings. The Bertz CT molecular complexity index is 1280. The smallest absolute Gasteiger partial charge is 0.264 e. The molecule has 0 saturated heterocycles. The van der Waals surface area contributed by atoms with Crippen molar-refractivity contribution in [3.05, 3.63) is 87.9 Å². The van der Waals surface area contributed by atoms with Gasteiger partial charge in [0.15, 0.2) is 0 Å². The highest BCUT2D eigenvalue weighted by molar-refractivity contribution is 9.10. The highest BCUT2D eigenvalue weighted by Gasteiger charge is 2.28. The number of amides is 1. The Morgan fingerprint density at radius 1 is 1.00 bits per heavy atom. The lowest BCUT2D eigenvalue weighted by Crippen LogP contribution is -2.41. The van der Waals surface area contributed by atoms with Crippen molar-refractivity contribution in [2.24, 2.45) is 0 Å². The van der Waals surface area contributed by atoms with E-state index in [9.17, 15) is 13.2 Å². The SMILES string of the molecule is COc1cc(C)c(C(C)NC(=O)CN(c2ccc(Br)cc2)S(=O)(=O)c2ccccc2)cc1C(C)C. The molecule has 0 spiro atoms. The molecule has 186 valence electrons. The molecule has 0 saturated carbocycles. The number of hydrogen-bond acceptors (Lipinski definition) is 4. The number of carbonyl (C=O) groups is 1. The van der Waals surface area contributed by atoms with Gasteiger partial charge in [-0.1, -0.05) is 48.0 Å². The number of sulfonamides is 1. The summed E-state index contributed by atoms with van der Waals surface area (Å²) in [4.78, 5) is 13.3. The summed E-state index contributed by atoms with van der Waals surface area (Å²) in [6.45, 7) is 7.69. The summed E-state index contributed by atoms with van der Waals surface area (Å²) in [5.41, 5.74) is 3.41. The van der Waals surface area contributed by atoms with E-state index in [4.69, 9.17) is 4.74 Å². The van der Waals surface area contributed by atoms with Crippen molar-refractivity contribution in [1.29, 1.82) is 0 Å². The zero-order valence-corrected chi connectivity index (χ0v) is 23.0. The Balaban J connectivity index is 1.90. The molecule has 0 aliphatic carbocycles. The molecule has 1 atom stereocenters. The summed E-state index contributed by atoms with van der Waals surface area (Å²) in [5.74, 6) is 0.660. The second-order valence-corrected chi connectivity index (χ2v) is 11.5. The summed E-state index contributed by atoms with van der Waals surface area (Å²) in [7, 11) is -2.31. The molecule has 0 fully saturated rings. The van der Waals surface area contributed by atoms with Crippen LogP contribution in [-0.4, -0.2) is 28.0 Å². The monoisotopic (exact) mass is 558 g/mol. The van der Waals surface area contributed by atoms with E-state index in [1.807, 2.05) is 19.9 Å². The van der Waals surface area contributed by atoms with Crippen LogP contribution in [0.2, 0.25) is 0 Å². The molecule has 6 nitrogen and oxygen atoms in total. The minimum absolute atomic E-state index is 0.122. The number of carbonyl (C=O) groups excluding carboxylic acids is 1. The van der Waals surface area contributed by atoms with Crippen LogP contribution in [0.15, 0.2) is 76.1 Å². The first-order chi connectivity index (χ1) is 16.5. The third-order valence-electron chi connectivity index (χ3n) is 5.82. The molecule has 1 amide bonds. The van der Waals surface area contributed by atoms with Gasteiger partial charge < -0.3 is 10.1 Å². The lowest BCUT2D eigenvalue weighted by Gasteiger charge is -2.26. The van der Waals surface area contributed by atoms with Gasteiger partial charge in [0.1, 0.15) is 12.3 Å². The van der Waals surface area contributed by atoms with Crippen LogP contribution in [0, 0.1) is 6.92 Å². The van der Waals surface area contributed by atoms with Gasteiger partial charge in [-0.05, 0) is 85.0 Å². The molecule has 0 aromatic heterocycles. The van der Waals surface area contributed by atoms with E-state index in [1.54, 1.807) is 49.6 Å². The Kier molecular flexibility index (Phi) is 8.61. The van der Waals surface area contributed by atoms with Crippen LogP contribution >= 0.6 is 15.9 Å². The number of nitrogens with one attached hydrogen (secondary N) is 1. The predicted molar refractivity (Wildman–Crippen MR) is 143 cm³/mol. The molecule has 3 aromatic carbocycles. The van der Waals surface area contributed by atoms with Crippen LogP contribution < -0.4 is 14.4 Å². The molecule has 35 heavy (non-hydrogen) atoms. The summed E-state index contributed by atoms with van der Waals surface area (Å²) in [6.07, 6.45) is 0. The Labute approximate surface area is 216 Å². The van der Waals surface area contributed by atoms with Crippen molar-refractivity contribution in [3.8, 4) is 5.75 Å². The number of ether oxygens (including phenoxy) is 1. The molecule has 3 aromatic rings. The molecule has 0 heterocycles. The lowest BCUT2D eigenvalue weighted by atomic mass is 9.93. The van der Waals surface area contributed by atoms with E-state index in [0.29, 0.717) is 5.69 Å². The molecule has 3 rings (SSSR count). The van der Waals surface area contributed by atoms with Gasteiger partial charge in [-0.25, -0.2) is 8.42 Å². The summed E-state index contributed by atoms with van der Waals surface area (Å²) in [6, 6.07) is 18.7. The normalized spacial score (nSPS) is 12.3. The second kappa shape index (κ2) is 11.3. The molecule has 1 unspecified atom stereocenters. The predicted octanol–water partition coefficient (Wildman–Crippen LogP) is 5.96. The summed E-state index contributed by atoms with van der Waals surface area (Å²) < 4.78 is 34.4. The molecule has 0 bridgehead atoms. The Morgan fingerprint density at radius 3 is 2.20 bits per heavy atom. The number of anilines is 1. The fourth-order valence-electron chi connectivity index (χ4n) is 3.95. The zero-order chi connectivity index (χ0) is 25.8. The van der Waals surface area contributed by atoms with Crippen molar-refractivity contribution in [2.45, 2.75) is 44.6 Å². The van der Waals surface area contributed by atoms with Gasteiger partial charge in [0.05, 0.1) is 23.7 Å². The zero-order valence-electron chi connectivity index (χ0n) is 20.6.